The number of nitrogens with one attached hydrogen (secondary N) is 2. The Kier molecular flexibility index (Phi) is 9.03. The molecule has 0 atom stereocenters. The van der Waals surface area contributed by atoms with Gasteiger partial charge in [0.25, 0.3) is 5.91 Å². The van der Waals surface area contributed by atoms with Crippen LogP contribution in [0.5, 0.6) is 0 Å². The zero-order valence-electron chi connectivity index (χ0n) is 25.5. The highest BCUT2D eigenvalue weighted by Crippen LogP contribution is 2.37. The maximum atomic E-state index is 13.6. The van der Waals surface area contributed by atoms with E-state index < -0.39 is 6.03 Å². The molecule has 5 rings (SSSR count). The number of hydrogen-bond acceptors (Lipinski definition) is 7. The Balaban J connectivity index is 1.32. The smallest absolute Gasteiger partial charge is 0.324 e. The number of urea groups is 1. The Morgan fingerprint density at radius 1 is 0.977 bits per heavy atom. The van der Waals surface area contributed by atoms with Gasteiger partial charge in [0.2, 0.25) is 5.91 Å². The second kappa shape index (κ2) is 12.7. The van der Waals surface area contributed by atoms with E-state index >= 15 is 0 Å². The van der Waals surface area contributed by atoms with Crippen molar-refractivity contribution in [3.63, 3.8) is 0 Å². The summed E-state index contributed by atoms with van der Waals surface area (Å²) in [5.41, 5.74) is 4.70. The molecule has 0 radical (unpaired) electrons. The Hall–Kier alpha value is -3.96. The fourth-order valence-corrected chi connectivity index (χ4v) is 6.21. The molecule has 43 heavy (non-hydrogen) atoms. The fraction of sp³-hybridized carbons (Fsp3) is 0.438. The monoisotopic (exact) mass is 604 g/mol. The van der Waals surface area contributed by atoms with E-state index in [0.29, 0.717) is 49.1 Å². The summed E-state index contributed by atoms with van der Waals surface area (Å²) in [6, 6.07) is 11.2. The van der Waals surface area contributed by atoms with Crippen LogP contribution in [0.4, 0.5) is 21.2 Å². The molecule has 2 aromatic heterocycles. The number of anilines is 3. The van der Waals surface area contributed by atoms with Crippen molar-refractivity contribution in [3.8, 4) is 11.3 Å². The van der Waals surface area contributed by atoms with E-state index in [9.17, 15) is 14.4 Å². The molecule has 2 aliphatic heterocycles. The van der Waals surface area contributed by atoms with E-state index in [4.69, 9.17) is 9.72 Å². The highest BCUT2D eigenvalue weighted by Gasteiger charge is 2.29. The minimum absolute atomic E-state index is 0.0226. The molecule has 11 heteroatoms. The van der Waals surface area contributed by atoms with Gasteiger partial charge in [0.1, 0.15) is 5.00 Å². The molecule has 2 fully saturated rings. The molecular formula is C32H40N6O4S. The highest BCUT2D eigenvalue weighted by molar-refractivity contribution is 7.16. The van der Waals surface area contributed by atoms with Crippen LogP contribution < -0.4 is 15.5 Å². The first-order valence-electron chi connectivity index (χ1n) is 14.6. The lowest BCUT2D eigenvalue weighted by Gasteiger charge is -2.28. The summed E-state index contributed by atoms with van der Waals surface area (Å²) in [7, 11) is 1.75. The van der Waals surface area contributed by atoms with Gasteiger partial charge in [-0.1, -0.05) is 26.8 Å². The van der Waals surface area contributed by atoms with Gasteiger partial charge >= 0.3 is 6.03 Å². The third-order valence-electron chi connectivity index (χ3n) is 7.84. The molecular weight excluding hydrogens is 564 g/mol. The van der Waals surface area contributed by atoms with Gasteiger partial charge in [-0.05, 0) is 48.2 Å². The SMILES string of the molecule is Cc1ccc(NC(=O)Nc2sc(C(C)(C)C)cc2C(=O)N2CCC(=O)N(C)CC2)cc1-c1ccc(N2CCOCC2)cn1. The number of nitrogens with zero attached hydrogens (tertiary/aromatic N) is 4. The van der Waals surface area contributed by atoms with Gasteiger partial charge in [0, 0.05) is 62.3 Å². The normalized spacial score (nSPS) is 16.2. The van der Waals surface area contributed by atoms with Crippen LogP contribution >= 0.6 is 11.3 Å². The minimum Gasteiger partial charge on any atom is -0.378 e. The van der Waals surface area contributed by atoms with Crippen LogP contribution in [0.2, 0.25) is 0 Å². The van der Waals surface area contributed by atoms with Crippen LogP contribution in [0.25, 0.3) is 11.3 Å². The lowest BCUT2D eigenvalue weighted by atomic mass is 9.94. The number of aromatic nitrogens is 1. The number of pyridine rings is 1. The first-order chi connectivity index (χ1) is 20.5. The maximum absolute atomic E-state index is 13.6. The van der Waals surface area contributed by atoms with E-state index in [-0.39, 0.29) is 23.7 Å². The Bertz CT molecular complexity index is 1490. The number of carbonyl (C=O) groups is 3. The summed E-state index contributed by atoms with van der Waals surface area (Å²) in [5.74, 6) is -0.163. The Labute approximate surface area is 257 Å². The van der Waals surface area contributed by atoms with Crippen molar-refractivity contribution in [1.29, 1.82) is 0 Å². The van der Waals surface area contributed by atoms with Gasteiger partial charge in [0.15, 0.2) is 0 Å². The average molecular weight is 605 g/mol. The van der Waals surface area contributed by atoms with Crippen LogP contribution in [0.3, 0.4) is 0 Å². The standard InChI is InChI=1S/C32H40N6O4S/c1-21-6-7-22(18-24(21)26-9-8-23(20-33-26)37-14-16-42-17-15-37)34-31(41)35-29-25(19-27(43-29)32(2,3)4)30(40)38-11-10-28(39)36(5)12-13-38/h6-9,18-20H,10-17H2,1-5H3,(H2,34,35,41). The molecule has 2 aliphatic rings. The van der Waals surface area contributed by atoms with Crippen molar-refractivity contribution in [2.75, 3.05) is 68.5 Å². The summed E-state index contributed by atoms with van der Waals surface area (Å²) in [6.45, 7) is 12.6. The molecule has 1 aromatic carbocycles. The second-order valence-electron chi connectivity index (χ2n) is 12.1. The van der Waals surface area contributed by atoms with E-state index in [0.717, 1.165) is 40.5 Å². The molecule has 4 heterocycles. The molecule has 0 saturated carbocycles. The van der Waals surface area contributed by atoms with Gasteiger partial charge in [0.05, 0.1) is 36.4 Å². The van der Waals surface area contributed by atoms with Crippen LogP contribution in [0.1, 0.15) is 48.0 Å². The number of thiophene rings is 1. The number of likely N-dealkylation sites (N-methyl/N-ethyl adjacent to an activating group) is 1. The van der Waals surface area contributed by atoms with Gasteiger partial charge in [-0.2, -0.15) is 0 Å². The van der Waals surface area contributed by atoms with Gasteiger partial charge in [-0.15, -0.1) is 11.3 Å². The van der Waals surface area contributed by atoms with Crippen molar-refractivity contribution >= 4 is 45.6 Å². The molecule has 0 aliphatic carbocycles. The first kappa shape index (κ1) is 30.5. The van der Waals surface area contributed by atoms with Crippen molar-refractivity contribution in [1.82, 2.24) is 14.8 Å². The van der Waals surface area contributed by atoms with Gasteiger partial charge in [-0.25, -0.2) is 4.79 Å². The first-order valence-corrected chi connectivity index (χ1v) is 15.5. The number of ether oxygens (including phenoxy) is 1. The van der Waals surface area contributed by atoms with Crippen molar-refractivity contribution in [2.45, 2.75) is 39.5 Å². The molecule has 0 bridgehead atoms. The predicted molar refractivity (Wildman–Crippen MR) is 171 cm³/mol. The van der Waals surface area contributed by atoms with Crippen molar-refractivity contribution in [2.24, 2.45) is 0 Å². The number of amides is 4. The van der Waals surface area contributed by atoms with Crippen molar-refractivity contribution in [3.05, 3.63) is 58.6 Å². The third-order valence-corrected chi connectivity index (χ3v) is 9.31. The second-order valence-corrected chi connectivity index (χ2v) is 13.1. The van der Waals surface area contributed by atoms with Crippen molar-refractivity contribution < 1.29 is 19.1 Å². The van der Waals surface area contributed by atoms with Gasteiger partial charge < -0.3 is 24.8 Å². The van der Waals surface area contributed by atoms with E-state index in [2.05, 4.69) is 42.4 Å². The molecule has 228 valence electrons. The number of benzene rings is 1. The molecule has 0 unspecified atom stereocenters. The Morgan fingerprint density at radius 3 is 2.44 bits per heavy atom. The molecule has 0 spiro atoms. The largest absolute Gasteiger partial charge is 0.378 e. The minimum atomic E-state index is -0.437. The summed E-state index contributed by atoms with van der Waals surface area (Å²) in [6.07, 6.45) is 2.16. The zero-order chi connectivity index (χ0) is 30.7. The van der Waals surface area contributed by atoms with E-state index in [1.165, 1.54) is 11.3 Å². The van der Waals surface area contributed by atoms with Gasteiger partial charge in [-0.3, -0.25) is 19.9 Å². The zero-order valence-corrected chi connectivity index (χ0v) is 26.3. The quantitative estimate of drug-likeness (QED) is 0.415. The number of carbonyl (C=O) groups excluding carboxylic acids is 3. The van der Waals surface area contributed by atoms with Crippen LogP contribution in [0, 0.1) is 6.92 Å². The summed E-state index contributed by atoms with van der Waals surface area (Å²) in [5, 5.41) is 6.36. The number of aryl methyl sites for hydroxylation is 1. The fourth-order valence-electron chi connectivity index (χ4n) is 5.11. The molecule has 10 nitrogen and oxygen atoms in total. The summed E-state index contributed by atoms with van der Waals surface area (Å²) < 4.78 is 5.45. The third kappa shape index (κ3) is 7.17. The Morgan fingerprint density at radius 2 is 1.74 bits per heavy atom. The maximum Gasteiger partial charge on any atom is 0.324 e. The summed E-state index contributed by atoms with van der Waals surface area (Å²) >= 11 is 1.40. The topological polar surface area (TPSA) is 107 Å². The van der Waals surface area contributed by atoms with E-state index in [1.54, 1.807) is 16.8 Å². The highest BCUT2D eigenvalue weighted by atomic mass is 32.1. The molecule has 2 N–H and O–H groups in total. The predicted octanol–water partition coefficient (Wildman–Crippen LogP) is 5.20. The number of rotatable bonds is 5. The molecule has 2 saturated heterocycles. The average Bonchev–Trinajstić information content (AvgIpc) is 3.34. The van der Waals surface area contributed by atoms with E-state index in [1.807, 2.05) is 43.5 Å². The van der Waals surface area contributed by atoms with Crippen LogP contribution in [0.15, 0.2) is 42.6 Å². The molecule has 4 amide bonds. The van der Waals surface area contributed by atoms with Crippen LogP contribution in [-0.2, 0) is 14.9 Å². The lowest BCUT2D eigenvalue weighted by molar-refractivity contribution is -0.129. The molecule has 3 aromatic rings. The lowest BCUT2D eigenvalue weighted by Crippen LogP contribution is -2.36. The summed E-state index contributed by atoms with van der Waals surface area (Å²) in [4.78, 5) is 50.4. The number of morpholine rings is 1. The number of hydrogen-bond donors (Lipinski definition) is 2. The van der Waals surface area contributed by atoms with Crippen LogP contribution in [-0.4, -0.2) is 85.6 Å².